The van der Waals surface area contributed by atoms with Gasteiger partial charge in [-0.1, -0.05) is 0 Å². The van der Waals surface area contributed by atoms with Crippen LogP contribution in [0.1, 0.15) is 10.4 Å². The van der Waals surface area contributed by atoms with Gasteiger partial charge in [0, 0.05) is 0 Å². The van der Waals surface area contributed by atoms with Gasteiger partial charge in [0.2, 0.25) is 0 Å². The van der Waals surface area contributed by atoms with Gasteiger partial charge in [0.05, 0.1) is 0 Å². The molecule has 2 radical (unpaired) electrons. The molecule has 0 aliphatic rings. The van der Waals surface area contributed by atoms with E-state index in [0.29, 0.717) is 19.0 Å². The third kappa shape index (κ3) is 1.86. The van der Waals surface area contributed by atoms with Gasteiger partial charge < -0.3 is 0 Å². The van der Waals surface area contributed by atoms with E-state index >= 15 is 0 Å². The fraction of sp³-hybridized carbons (Fsp3) is 0. The monoisotopic (exact) mass is 280 g/mol. The minimum atomic E-state index is -2.32. The Balaban J connectivity index is 3.60. The summed E-state index contributed by atoms with van der Waals surface area (Å²) < 4.78 is 67.1. The van der Waals surface area contributed by atoms with Crippen molar-refractivity contribution >= 4 is 24.9 Å². The van der Waals surface area contributed by atoms with Crippen LogP contribution in [0.4, 0.5) is 22.0 Å². The van der Waals surface area contributed by atoms with E-state index in [2.05, 4.69) is 3.53 Å². The van der Waals surface area contributed by atoms with Crippen molar-refractivity contribution in [3.05, 3.63) is 34.6 Å². The number of carbonyl (C=O) groups excluding carboxylic acids is 1. The van der Waals surface area contributed by atoms with Crippen LogP contribution < -0.4 is 0 Å². The molecule has 0 fully saturated rings. The van der Waals surface area contributed by atoms with E-state index in [1.165, 1.54) is 0 Å². The van der Waals surface area contributed by atoms with E-state index in [4.69, 9.17) is 0 Å². The van der Waals surface area contributed by atoms with Gasteiger partial charge in [-0.05, 0) is 0 Å². The van der Waals surface area contributed by atoms with Crippen molar-refractivity contribution in [3.63, 3.8) is 0 Å². The number of carbonyl (C=O) groups is 1. The molecule has 0 saturated carbocycles. The van der Waals surface area contributed by atoms with E-state index in [1.54, 1.807) is 0 Å². The predicted octanol–water partition coefficient (Wildman–Crippen LogP) is 1.62. The standard InChI is InChI=1S/C7HF5O2.Ga/c8-2-1(7(13)14)3(9)5(11)6(12)4(2)10;/h(H,13,14);/q;+1/p-1. The molecular weight excluding hydrogens is 281 g/mol. The van der Waals surface area contributed by atoms with Gasteiger partial charge in [-0.2, -0.15) is 0 Å². The molecule has 78 valence electrons. The minimum absolute atomic E-state index is 0.312. The van der Waals surface area contributed by atoms with Crippen LogP contribution in [0.15, 0.2) is 0 Å². The van der Waals surface area contributed by atoms with Crippen LogP contribution in [0.3, 0.4) is 0 Å². The quantitative estimate of drug-likeness (QED) is 0.338. The molecule has 1 rings (SSSR count). The number of benzene rings is 1. The molecule has 0 amide bonds. The SMILES string of the molecule is O=C([O][Ga])c1c(F)c(F)c(F)c(F)c1F. The fourth-order valence-electron chi connectivity index (χ4n) is 0.843. The van der Waals surface area contributed by atoms with Crippen LogP contribution in [0.25, 0.3) is 0 Å². The Kier molecular flexibility index (Phi) is 3.40. The Bertz CT molecular complexity index is 405. The van der Waals surface area contributed by atoms with Crippen molar-refractivity contribution in [2.75, 3.05) is 0 Å². The second-order valence-electron chi connectivity index (χ2n) is 2.35. The summed E-state index contributed by atoms with van der Waals surface area (Å²) in [7, 11) is 0. The number of hydrogen-bond donors (Lipinski definition) is 0. The summed E-state index contributed by atoms with van der Waals surface area (Å²) in [5.74, 6) is -12.7. The van der Waals surface area contributed by atoms with E-state index in [1.807, 2.05) is 0 Å². The summed E-state index contributed by atoms with van der Waals surface area (Å²) >= 11 is 0.312. The Morgan fingerprint density at radius 3 is 1.53 bits per heavy atom. The number of hydrogen-bond acceptors (Lipinski definition) is 2. The van der Waals surface area contributed by atoms with Gasteiger partial charge in [-0.25, -0.2) is 0 Å². The van der Waals surface area contributed by atoms with Gasteiger partial charge >= 0.3 is 89.9 Å². The number of halogens is 5. The molecule has 0 atom stereocenters. The van der Waals surface area contributed by atoms with Crippen LogP contribution in [0.5, 0.6) is 0 Å². The van der Waals surface area contributed by atoms with Crippen molar-refractivity contribution in [3.8, 4) is 0 Å². The number of rotatable bonds is 1. The van der Waals surface area contributed by atoms with Crippen molar-refractivity contribution in [2.24, 2.45) is 0 Å². The van der Waals surface area contributed by atoms with Crippen molar-refractivity contribution in [2.45, 2.75) is 0 Å². The molecule has 0 aliphatic carbocycles. The molecule has 0 spiro atoms. The molecule has 8 heteroatoms. The average molecular weight is 281 g/mol. The van der Waals surface area contributed by atoms with Crippen LogP contribution in [0, 0.1) is 29.1 Å². The van der Waals surface area contributed by atoms with Crippen LogP contribution in [-0.4, -0.2) is 24.9 Å². The topological polar surface area (TPSA) is 26.3 Å². The molecule has 0 aromatic heterocycles. The van der Waals surface area contributed by atoms with Crippen LogP contribution in [0.2, 0.25) is 0 Å². The second kappa shape index (κ2) is 4.23. The summed E-state index contributed by atoms with van der Waals surface area (Å²) in [5, 5.41) is 0. The summed E-state index contributed by atoms with van der Waals surface area (Å²) in [4.78, 5) is 10.7. The molecular formula is C7F5GaO2. The van der Waals surface area contributed by atoms with Gasteiger partial charge in [0.1, 0.15) is 0 Å². The first-order chi connectivity index (χ1) is 6.91. The van der Waals surface area contributed by atoms with Crippen LogP contribution in [-0.2, 0) is 3.53 Å². The molecule has 0 unspecified atom stereocenters. The zero-order valence-electron chi connectivity index (χ0n) is 6.78. The zero-order valence-corrected chi connectivity index (χ0v) is 9.21. The second-order valence-corrected chi connectivity index (χ2v) is 2.84. The van der Waals surface area contributed by atoms with Gasteiger partial charge in [0.15, 0.2) is 0 Å². The first kappa shape index (κ1) is 12.0. The first-order valence-corrected chi connectivity index (χ1v) is 4.33. The van der Waals surface area contributed by atoms with E-state index in [9.17, 15) is 26.7 Å². The van der Waals surface area contributed by atoms with Crippen molar-refractivity contribution in [1.82, 2.24) is 0 Å². The first-order valence-electron chi connectivity index (χ1n) is 3.34. The maximum atomic E-state index is 12.8. The summed E-state index contributed by atoms with van der Waals surface area (Å²) in [6.45, 7) is 0. The molecule has 15 heavy (non-hydrogen) atoms. The molecule has 0 aliphatic heterocycles. The summed E-state index contributed by atoms with van der Waals surface area (Å²) in [5.41, 5.74) is -1.59. The normalized spacial score (nSPS) is 10.2. The molecule has 0 N–H and O–H groups in total. The maximum absolute atomic E-state index is 12.8. The van der Waals surface area contributed by atoms with Crippen molar-refractivity contribution < 1.29 is 30.3 Å². The van der Waals surface area contributed by atoms with Crippen LogP contribution >= 0.6 is 0 Å². The molecule has 0 bridgehead atoms. The van der Waals surface area contributed by atoms with Crippen molar-refractivity contribution in [1.29, 1.82) is 0 Å². The molecule has 1 aromatic carbocycles. The van der Waals surface area contributed by atoms with Gasteiger partial charge in [0.25, 0.3) is 0 Å². The Hall–Kier alpha value is -1.02. The average Bonchev–Trinajstić information content (AvgIpc) is 2.23. The molecule has 1 aromatic rings. The third-order valence-electron chi connectivity index (χ3n) is 1.52. The molecule has 2 nitrogen and oxygen atoms in total. The predicted molar refractivity (Wildman–Crippen MR) is 37.4 cm³/mol. The van der Waals surface area contributed by atoms with E-state index in [-0.39, 0.29) is 0 Å². The Labute approximate surface area is 90.4 Å². The van der Waals surface area contributed by atoms with E-state index < -0.39 is 40.6 Å². The zero-order chi connectivity index (χ0) is 11.7. The Morgan fingerprint density at radius 2 is 1.20 bits per heavy atom. The summed E-state index contributed by atoms with van der Waals surface area (Å²) in [6, 6.07) is 0. The third-order valence-corrected chi connectivity index (χ3v) is 1.97. The van der Waals surface area contributed by atoms with E-state index in [0.717, 1.165) is 0 Å². The fourth-order valence-corrected chi connectivity index (χ4v) is 1.09. The molecule has 0 heterocycles. The van der Waals surface area contributed by atoms with Gasteiger partial charge in [-0.15, -0.1) is 0 Å². The van der Waals surface area contributed by atoms with Gasteiger partial charge in [-0.3, -0.25) is 0 Å². The molecule has 0 saturated heterocycles. The Morgan fingerprint density at radius 1 is 0.867 bits per heavy atom. The summed E-state index contributed by atoms with van der Waals surface area (Å²) in [6.07, 6.45) is 0.